The Labute approximate surface area is 147 Å². The Balaban J connectivity index is 1.37. The van der Waals surface area contributed by atoms with Crippen molar-refractivity contribution in [2.45, 2.75) is 25.0 Å². The number of nitrogens with zero attached hydrogens (tertiary/aromatic N) is 2. The number of β-amino-alcohol motifs (C(OH)–C–C–N with tert-alkyl or cyclic N) is 1. The summed E-state index contributed by atoms with van der Waals surface area (Å²) in [6, 6.07) is 12.4. The molecule has 130 valence electrons. The van der Waals surface area contributed by atoms with Crippen molar-refractivity contribution in [3.05, 3.63) is 60.6 Å². The molecular weight excluding hydrogens is 314 g/mol. The topological polar surface area (TPSA) is 61.4 Å². The fraction of sp³-hybridized carbons (Fsp3) is 0.350. The molecule has 5 heteroatoms. The maximum absolute atomic E-state index is 10.5. The summed E-state index contributed by atoms with van der Waals surface area (Å²) in [5.41, 5.74) is 2.32. The number of pyridine rings is 1. The lowest BCUT2D eigenvalue weighted by molar-refractivity contribution is 0.0643. The third-order valence-corrected chi connectivity index (χ3v) is 4.89. The number of aromatic nitrogens is 2. The number of aliphatic hydroxyl groups excluding tert-OH is 1. The number of aromatic amines is 1. The number of fused-ring (bicyclic) bond motifs is 1. The van der Waals surface area contributed by atoms with Crippen LogP contribution in [0.25, 0.3) is 10.9 Å². The molecule has 1 aliphatic heterocycles. The minimum atomic E-state index is -0.517. The summed E-state index contributed by atoms with van der Waals surface area (Å²) < 4.78 is 5.88. The van der Waals surface area contributed by atoms with Gasteiger partial charge in [0.05, 0.1) is 0 Å². The summed E-state index contributed by atoms with van der Waals surface area (Å²) in [5, 5.41) is 11.5. The average Bonchev–Trinajstić information content (AvgIpc) is 3.30. The standard InChI is InChI=1S/C20H23N3O2/c24-16(14-25-20-5-1-3-18-17(20)8-11-22-18)13-23-12-2-4-19(23)15-6-9-21-10-7-15/h1,3,5-11,16,19,22,24H,2,4,12-14H2. The average molecular weight is 337 g/mol. The fourth-order valence-electron chi connectivity index (χ4n) is 3.70. The van der Waals surface area contributed by atoms with E-state index in [0.717, 1.165) is 36.0 Å². The van der Waals surface area contributed by atoms with Gasteiger partial charge < -0.3 is 14.8 Å². The molecule has 2 unspecified atom stereocenters. The largest absolute Gasteiger partial charge is 0.490 e. The summed E-state index contributed by atoms with van der Waals surface area (Å²) in [7, 11) is 0. The van der Waals surface area contributed by atoms with Crippen LogP contribution in [0, 0.1) is 0 Å². The number of likely N-dealkylation sites (tertiary alicyclic amines) is 1. The van der Waals surface area contributed by atoms with Gasteiger partial charge in [-0.15, -0.1) is 0 Å². The number of nitrogens with one attached hydrogen (secondary N) is 1. The van der Waals surface area contributed by atoms with E-state index in [2.05, 4.69) is 27.0 Å². The normalized spacial score (nSPS) is 19.3. The molecule has 0 amide bonds. The number of H-pyrrole nitrogens is 1. The smallest absolute Gasteiger partial charge is 0.128 e. The first-order chi connectivity index (χ1) is 12.3. The second kappa shape index (κ2) is 7.25. The minimum Gasteiger partial charge on any atom is -0.490 e. The fourth-order valence-corrected chi connectivity index (χ4v) is 3.70. The Bertz CT molecular complexity index is 818. The zero-order valence-electron chi connectivity index (χ0n) is 14.1. The molecular formula is C20H23N3O2. The molecule has 1 fully saturated rings. The van der Waals surface area contributed by atoms with Gasteiger partial charge >= 0.3 is 0 Å². The second-order valence-corrected chi connectivity index (χ2v) is 6.59. The van der Waals surface area contributed by atoms with Crippen molar-refractivity contribution < 1.29 is 9.84 Å². The molecule has 3 heterocycles. The van der Waals surface area contributed by atoms with Crippen molar-refractivity contribution >= 4 is 10.9 Å². The SMILES string of the molecule is OC(COc1cccc2[nH]ccc12)CN1CCCC1c1ccncc1. The molecule has 0 bridgehead atoms. The van der Waals surface area contributed by atoms with Gasteiger partial charge in [-0.05, 0) is 55.3 Å². The third kappa shape index (κ3) is 3.52. The van der Waals surface area contributed by atoms with Gasteiger partial charge in [-0.3, -0.25) is 9.88 Å². The van der Waals surface area contributed by atoms with E-state index in [9.17, 15) is 5.11 Å². The van der Waals surface area contributed by atoms with Crippen molar-refractivity contribution in [3.63, 3.8) is 0 Å². The molecule has 0 aliphatic carbocycles. The van der Waals surface area contributed by atoms with Crippen LogP contribution in [0.2, 0.25) is 0 Å². The van der Waals surface area contributed by atoms with Crippen LogP contribution in [-0.4, -0.2) is 45.8 Å². The van der Waals surface area contributed by atoms with Gasteiger partial charge in [-0.2, -0.15) is 0 Å². The van der Waals surface area contributed by atoms with E-state index in [1.54, 1.807) is 0 Å². The second-order valence-electron chi connectivity index (χ2n) is 6.59. The van der Waals surface area contributed by atoms with E-state index in [0.29, 0.717) is 19.2 Å². The van der Waals surface area contributed by atoms with Crippen LogP contribution >= 0.6 is 0 Å². The summed E-state index contributed by atoms with van der Waals surface area (Å²) >= 11 is 0. The molecule has 1 saturated heterocycles. The van der Waals surface area contributed by atoms with Gasteiger partial charge in [0.1, 0.15) is 18.5 Å². The van der Waals surface area contributed by atoms with Crippen LogP contribution in [0.5, 0.6) is 5.75 Å². The van der Waals surface area contributed by atoms with E-state index in [1.165, 1.54) is 5.56 Å². The summed E-state index contributed by atoms with van der Waals surface area (Å²) in [6.07, 6.45) is 7.34. The first kappa shape index (κ1) is 16.1. The molecule has 0 saturated carbocycles. The monoisotopic (exact) mass is 337 g/mol. The molecule has 0 radical (unpaired) electrons. The summed E-state index contributed by atoms with van der Waals surface area (Å²) in [5.74, 6) is 0.810. The van der Waals surface area contributed by atoms with Crippen molar-refractivity contribution in [3.8, 4) is 5.75 Å². The molecule has 1 aromatic carbocycles. The van der Waals surface area contributed by atoms with Gasteiger partial charge in [-0.25, -0.2) is 0 Å². The van der Waals surface area contributed by atoms with Crippen molar-refractivity contribution in [2.24, 2.45) is 0 Å². The molecule has 25 heavy (non-hydrogen) atoms. The highest BCUT2D eigenvalue weighted by Gasteiger charge is 2.27. The lowest BCUT2D eigenvalue weighted by Crippen LogP contribution is -2.35. The Morgan fingerprint density at radius 2 is 2.12 bits per heavy atom. The molecule has 2 N–H and O–H groups in total. The van der Waals surface area contributed by atoms with E-state index < -0.39 is 6.10 Å². The van der Waals surface area contributed by atoms with Gasteiger partial charge in [-0.1, -0.05) is 6.07 Å². The zero-order chi connectivity index (χ0) is 17.1. The molecule has 4 rings (SSSR count). The van der Waals surface area contributed by atoms with E-state index in [-0.39, 0.29) is 0 Å². The maximum atomic E-state index is 10.5. The molecule has 5 nitrogen and oxygen atoms in total. The molecule has 0 spiro atoms. The Hall–Kier alpha value is -2.37. The summed E-state index contributed by atoms with van der Waals surface area (Å²) in [6.45, 7) is 1.93. The van der Waals surface area contributed by atoms with E-state index >= 15 is 0 Å². The van der Waals surface area contributed by atoms with Crippen LogP contribution < -0.4 is 4.74 Å². The lowest BCUT2D eigenvalue weighted by Gasteiger charge is -2.27. The highest BCUT2D eigenvalue weighted by molar-refractivity contribution is 5.85. The van der Waals surface area contributed by atoms with Crippen LogP contribution in [0.3, 0.4) is 0 Å². The van der Waals surface area contributed by atoms with Gasteiger partial charge in [0.25, 0.3) is 0 Å². The molecule has 3 aromatic rings. The highest BCUT2D eigenvalue weighted by atomic mass is 16.5. The van der Waals surface area contributed by atoms with Crippen LogP contribution in [0.15, 0.2) is 55.0 Å². The van der Waals surface area contributed by atoms with Crippen LogP contribution in [0.4, 0.5) is 0 Å². The number of hydrogen-bond acceptors (Lipinski definition) is 4. The van der Waals surface area contributed by atoms with Crippen molar-refractivity contribution in [2.75, 3.05) is 19.7 Å². The Morgan fingerprint density at radius 1 is 1.24 bits per heavy atom. The summed E-state index contributed by atoms with van der Waals surface area (Å²) in [4.78, 5) is 9.62. The van der Waals surface area contributed by atoms with Gasteiger partial charge in [0.2, 0.25) is 0 Å². The maximum Gasteiger partial charge on any atom is 0.128 e. The molecule has 2 atom stereocenters. The van der Waals surface area contributed by atoms with Crippen molar-refractivity contribution in [1.82, 2.24) is 14.9 Å². The first-order valence-corrected chi connectivity index (χ1v) is 8.82. The molecule has 1 aliphatic rings. The highest BCUT2D eigenvalue weighted by Crippen LogP contribution is 2.31. The zero-order valence-corrected chi connectivity index (χ0v) is 14.1. The number of hydrogen-bond donors (Lipinski definition) is 2. The first-order valence-electron chi connectivity index (χ1n) is 8.82. The van der Waals surface area contributed by atoms with Gasteiger partial charge in [0.15, 0.2) is 0 Å². The number of rotatable bonds is 6. The lowest BCUT2D eigenvalue weighted by atomic mass is 10.1. The quantitative estimate of drug-likeness (QED) is 0.725. The number of ether oxygens (including phenoxy) is 1. The van der Waals surface area contributed by atoms with Crippen LogP contribution in [-0.2, 0) is 0 Å². The van der Waals surface area contributed by atoms with Gasteiger partial charge in [0, 0.05) is 42.1 Å². The molecule has 2 aromatic heterocycles. The van der Waals surface area contributed by atoms with E-state index in [4.69, 9.17) is 4.74 Å². The Kier molecular flexibility index (Phi) is 4.68. The predicted molar refractivity (Wildman–Crippen MR) is 97.6 cm³/mol. The third-order valence-electron chi connectivity index (χ3n) is 4.89. The Morgan fingerprint density at radius 3 is 3.00 bits per heavy atom. The van der Waals surface area contributed by atoms with Crippen LogP contribution in [0.1, 0.15) is 24.4 Å². The van der Waals surface area contributed by atoms with E-state index in [1.807, 2.05) is 42.9 Å². The number of aliphatic hydroxyl groups is 1. The predicted octanol–water partition coefficient (Wildman–Crippen LogP) is 3.14. The number of benzene rings is 1. The van der Waals surface area contributed by atoms with Crippen molar-refractivity contribution in [1.29, 1.82) is 0 Å². The minimum absolute atomic E-state index is 0.295.